The van der Waals surface area contributed by atoms with E-state index in [4.69, 9.17) is 11.6 Å². The van der Waals surface area contributed by atoms with Crippen LogP contribution in [-0.4, -0.2) is 31.6 Å². The molecule has 0 atom stereocenters. The summed E-state index contributed by atoms with van der Waals surface area (Å²) in [6.45, 7) is 1.79. The van der Waals surface area contributed by atoms with Gasteiger partial charge in [0.2, 0.25) is 0 Å². The number of carbonyl (C=O) groups excluding carboxylic acids is 2. The van der Waals surface area contributed by atoms with E-state index in [1.54, 1.807) is 55.5 Å². The lowest BCUT2D eigenvalue weighted by Crippen LogP contribution is -2.19. The molecule has 3 aromatic rings. The van der Waals surface area contributed by atoms with Gasteiger partial charge >= 0.3 is 0 Å². The minimum absolute atomic E-state index is 0.238. The molecule has 2 amide bonds. The van der Waals surface area contributed by atoms with E-state index in [1.807, 2.05) is 43.3 Å². The van der Waals surface area contributed by atoms with E-state index in [9.17, 15) is 9.59 Å². The van der Waals surface area contributed by atoms with E-state index < -0.39 is 0 Å². The summed E-state index contributed by atoms with van der Waals surface area (Å²) in [7, 11) is 3.88. The van der Waals surface area contributed by atoms with Crippen molar-refractivity contribution in [2.45, 2.75) is 6.92 Å². The van der Waals surface area contributed by atoms with Gasteiger partial charge in [0.15, 0.2) is 0 Å². The van der Waals surface area contributed by atoms with Gasteiger partial charge in [-0.1, -0.05) is 23.7 Å². The summed E-state index contributed by atoms with van der Waals surface area (Å²) in [6, 6.07) is 21.2. The smallest absolute Gasteiger partial charge is 0.271 e. The fourth-order valence-electron chi connectivity index (χ4n) is 2.80. The second kappa shape index (κ2) is 9.91. The standard InChI is InChI=1S/C24H23ClN4O2/c1-16(27-28-24(31)18-9-13-22(14-10-18)29(2)3)19-5-4-6-21(15-19)26-23(30)17-7-11-20(25)12-8-17/h4-15H,1-3H3,(H,26,30)(H,28,31). The third-order valence-corrected chi connectivity index (χ3v) is 4.87. The van der Waals surface area contributed by atoms with Gasteiger partial charge in [-0.3, -0.25) is 9.59 Å². The van der Waals surface area contributed by atoms with Crippen LogP contribution in [0.2, 0.25) is 5.02 Å². The van der Waals surface area contributed by atoms with E-state index in [2.05, 4.69) is 15.8 Å². The predicted octanol–water partition coefficient (Wildman–Crippen LogP) is 4.81. The molecule has 0 unspecified atom stereocenters. The molecule has 6 nitrogen and oxygen atoms in total. The molecule has 0 aromatic heterocycles. The van der Waals surface area contributed by atoms with Gasteiger partial charge in [-0.2, -0.15) is 5.10 Å². The van der Waals surface area contributed by atoms with Crippen molar-refractivity contribution in [3.05, 3.63) is 94.5 Å². The molecule has 3 aromatic carbocycles. The number of benzene rings is 3. The Morgan fingerprint density at radius 2 is 1.45 bits per heavy atom. The molecule has 3 rings (SSSR count). The van der Waals surface area contributed by atoms with Crippen LogP contribution >= 0.6 is 11.6 Å². The molecule has 0 aliphatic carbocycles. The van der Waals surface area contributed by atoms with Crippen LogP contribution in [0.15, 0.2) is 77.9 Å². The molecular weight excluding hydrogens is 412 g/mol. The summed E-state index contributed by atoms with van der Waals surface area (Å²) in [4.78, 5) is 26.7. The normalized spacial score (nSPS) is 11.0. The highest BCUT2D eigenvalue weighted by molar-refractivity contribution is 6.30. The monoisotopic (exact) mass is 434 g/mol. The predicted molar refractivity (Wildman–Crippen MR) is 126 cm³/mol. The van der Waals surface area contributed by atoms with Crippen molar-refractivity contribution in [2.75, 3.05) is 24.3 Å². The molecular formula is C24H23ClN4O2. The second-order valence-electron chi connectivity index (χ2n) is 7.12. The summed E-state index contributed by atoms with van der Waals surface area (Å²) in [5, 5.41) is 7.62. The zero-order valence-electron chi connectivity index (χ0n) is 17.5. The Labute approximate surface area is 186 Å². The minimum atomic E-state index is -0.295. The van der Waals surface area contributed by atoms with Crippen molar-refractivity contribution in [1.29, 1.82) is 0 Å². The number of hydrogen-bond acceptors (Lipinski definition) is 4. The molecule has 0 radical (unpaired) electrons. The molecule has 0 aliphatic heterocycles. The first kappa shape index (κ1) is 22.1. The van der Waals surface area contributed by atoms with Crippen LogP contribution in [0.3, 0.4) is 0 Å². The Bertz CT molecular complexity index is 1110. The number of hydrogen-bond donors (Lipinski definition) is 2. The summed E-state index contributed by atoms with van der Waals surface area (Å²) < 4.78 is 0. The second-order valence-corrected chi connectivity index (χ2v) is 7.56. The van der Waals surface area contributed by atoms with Crippen LogP contribution < -0.4 is 15.6 Å². The van der Waals surface area contributed by atoms with E-state index in [0.717, 1.165) is 11.3 Å². The molecule has 0 spiro atoms. The fourth-order valence-corrected chi connectivity index (χ4v) is 2.93. The third-order valence-electron chi connectivity index (χ3n) is 4.62. The first-order chi connectivity index (χ1) is 14.8. The van der Waals surface area contributed by atoms with Crippen LogP contribution in [-0.2, 0) is 0 Å². The zero-order chi connectivity index (χ0) is 22.4. The van der Waals surface area contributed by atoms with Crippen molar-refractivity contribution in [3.8, 4) is 0 Å². The Balaban J connectivity index is 1.66. The molecule has 7 heteroatoms. The molecule has 0 saturated carbocycles. The maximum Gasteiger partial charge on any atom is 0.271 e. The van der Waals surface area contributed by atoms with Crippen LogP contribution in [0, 0.1) is 0 Å². The van der Waals surface area contributed by atoms with Crippen molar-refractivity contribution >= 4 is 40.5 Å². The molecule has 31 heavy (non-hydrogen) atoms. The maximum absolute atomic E-state index is 12.4. The summed E-state index contributed by atoms with van der Waals surface area (Å²) in [5.74, 6) is -0.533. The van der Waals surface area contributed by atoms with Gasteiger partial charge in [-0.05, 0) is 73.2 Å². The SMILES string of the molecule is CC(=NNC(=O)c1ccc(N(C)C)cc1)c1cccc(NC(=O)c2ccc(Cl)cc2)c1. The number of amides is 2. The Hall–Kier alpha value is -3.64. The first-order valence-electron chi connectivity index (χ1n) is 9.63. The number of carbonyl (C=O) groups is 2. The molecule has 0 fully saturated rings. The molecule has 0 saturated heterocycles. The molecule has 2 N–H and O–H groups in total. The van der Waals surface area contributed by atoms with Crippen LogP contribution in [0.25, 0.3) is 0 Å². The lowest BCUT2D eigenvalue weighted by atomic mass is 10.1. The van der Waals surface area contributed by atoms with Crippen molar-refractivity contribution in [3.63, 3.8) is 0 Å². The van der Waals surface area contributed by atoms with Gasteiger partial charge in [0.1, 0.15) is 0 Å². The van der Waals surface area contributed by atoms with Crippen LogP contribution in [0.5, 0.6) is 0 Å². The lowest BCUT2D eigenvalue weighted by molar-refractivity contribution is 0.0954. The van der Waals surface area contributed by atoms with Crippen molar-refractivity contribution < 1.29 is 9.59 Å². The minimum Gasteiger partial charge on any atom is -0.378 e. The van der Waals surface area contributed by atoms with Gasteiger partial charge in [0, 0.05) is 41.6 Å². The summed E-state index contributed by atoms with van der Waals surface area (Å²) >= 11 is 5.87. The number of anilines is 2. The quantitative estimate of drug-likeness (QED) is 0.431. The fraction of sp³-hybridized carbons (Fsp3) is 0.125. The maximum atomic E-state index is 12.4. The zero-order valence-corrected chi connectivity index (χ0v) is 18.3. The third kappa shape index (κ3) is 5.93. The van der Waals surface area contributed by atoms with Gasteiger partial charge < -0.3 is 10.2 Å². The van der Waals surface area contributed by atoms with Crippen LogP contribution in [0.1, 0.15) is 33.2 Å². The Morgan fingerprint density at radius 1 is 0.839 bits per heavy atom. The number of halogens is 1. The summed E-state index contributed by atoms with van der Waals surface area (Å²) in [5.41, 5.74) is 6.62. The average Bonchev–Trinajstić information content (AvgIpc) is 2.77. The van der Waals surface area contributed by atoms with Gasteiger partial charge in [-0.15, -0.1) is 0 Å². The molecule has 158 valence electrons. The van der Waals surface area contributed by atoms with E-state index in [1.165, 1.54) is 0 Å². The number of nitrogens with zero attached hydrogens (tertiary/aromatic N) is 2. The molecule has 0 bridgehead atoms. The Morgan fingerprint density at radius 3 is 2.10 bits per heavy atom. The number of nitrogens with one attached hydrogen (secondary N) is 2. The van der Waals surface area contributed by atoms with Gasteiger partial charge in [-0.25, -0.2) is 5.43 Å². The average molecular weight is 435 g/mol. The van der Waals surface area contributed by atoms with E-state index in [0.29, 0.717) is 27.5 Å². The van der Waals surface area contributed by atoms with Gasteiger partial charge in [0.25, 0.3) is 11.8 Å². The molecule has 0 aliphatic rings. The van der Waals surface area contributed by atoms with Gasteiger partial charge in [0.05, 0.1) is 5.71 Å². The highest BCUT2D eigenvalue weighted by Gasteiger charge is 2.08. The summed E-state index contributed by atoms with van der Waals surface area (Å²) in [6.07, 6.45) is 0. The number of hydrazone groups is 1. The number of rotatable bonds is 6. The Kier molecular flexibility index (Phi) is 7.05. The highest BCUT2D eigenvalue weighted by atomic mass is 35.5. The van der Waals surface area contributed by atoms with Crippen molar-refractivity contribution in [1.82, 2.24) is 5.43 Å². The first-order valence-corrected chi connectivity index (χ1v) is 10.0. The highest BCUT2D eigenvalue weighted by Crippen LogP contribution is 2.15. The topological polar surface area (TPSA) is 73.8 Å². The van der Waals surface area contributed by atoms with Crippen molar-refractivity contribution in [2.24, 2.45) is 5.10 Å². The molecule has 0 heterocycles. The van der Waals surface area contributed by atoms with E-state index >= 15 is 0 Å². The lowest BCUT2D eigenvalue weighted by Gasteiger charge is -2.12. The largest absolute Gasteiger partial charge is 0.378 e. The van der Waals surface area contributed by atoms with Crippen LogP contribution in [0.4, 0.5) is 11.4 Å². The van der Waals surface area contributed by atoms with E-state index in [-0.39, 0.29) is 11.8 Å².